The molecule has 13 heavy (non-hydrogen) atoms. The molecule has 0 aliphatic rings. The predicted octanol–water partition coefficient (Wildman–Crippen LogP) is 3.32. The lowest BCUT2D eigenvalue weighted by Crippen LogP contribution is -1.77. The summed E-state index contributed by atoms with van der Waals surface area (Å²) in [5.41, 5.74) is 0.921. The molecule has 0 spiro atoms. The summed E-state index contributed by atoms with van der Waals surface area (Å²) in [6, 6.07) is 0. The SMILES string of the molecule is C=CC/C=C\C=C/C(=C)C=NCC. The third kappa shape index (κ3) is 8.54. The van der Waals surface area contributed by atoms with Crippen molar-refractivity contribution in [2.45, 2.75) is 13.3 Å². The lowest BCUT2D eigenvalue weighted by Gasteiger charge is -1.85. The standard InChI is InChI=1S/C12H17N/c1-4-6-7-8-9-10-12(3)11-13-5-2/h4,7-11H,1,3,5-6H2,2H3/b8-7-,10-9-,13-11?. The van der Waals surface area contributed by atoms with Gasteiger partial charge in [0.05, 0.1) is 0 Å². The van der Waals surface area contributed by atoms with Crippen LogP contribution in [0.3, 0.4) is 0 Å². The number of nitrogens with zero attached hydrogens (tertiary/aromatic N) is 1. The number of hydrogen-bond acceptors (Lipinski definition) is 1. The van der Waals surface area contributed by atoms with Gasteiger partial charge in [-0.1, -0.05) is 37.0 Å². The molecular formula is C12H17N. The van der Waals surface area contributed by atoms with Gasteiger partial charge < -0.3 is 0 Å². The van der Waals surface area contributed by atoms with Gasteiger partial charge in [-0.3, -0.25) is 4.99 Å². The van der Waals surface area contributed by atoms with Crippen LogP contribution in [0, 0.1) is 0 Å². The summed E-state index contributed by atoms with van der Waals surface area (Å²) in [5.74, 6) is 0. The monoisotopic (exact) mass is 175 g/mol. The zero-order chi connectivity index (χ0) is 9.94. The highest BCUT2D eigenvalue weighted by atomic mass is 14.7. The summed E-state index contributed by atoms with van der Waals surface area (Å²) in [7, 11) is 0. The van der Waals surface area contributed by atoms with Crippen LogP contribution < -0.4 is 0 Å². The molecule has 0 aliphatic heterocycles. The van der Waals surface area contributed by atoms with E-state index in [9.17, 15) is 0 Å². The smallest absolute Gasteiger partial charge is 0.0361 e. The van der Waals surface area contributed by atoms with Crippen molar-refractivity contribution >= 4 is 6.21 Å². The Balaban J connectivity index is 3.77. The van der Waals surface area contributed by atoms with Crippen LogP contribution in [0.1, 0.15) is 13.3 Å². The molecule has 0 radical (unpaired) electrons. The molecule has 0 amide bonds. The zero-order valence-corrected chi connectivity index (χ0v) is 8.24. The van der Waals surface area contributed by atoms with Gasteiger partial charge in [-0.25, -0.2) is 0 Å². The van der Waals surface area contributed by atoms with Crippen LogP contribution in [0.4, 0.5) is 0 Å². The van der Waals surface area contributed by atoms with E-state index in [4.69, 9.17) is 0 Å². The van der Waals surface area contributed by atoms with Gasteiger partial charge >= 0.3 is 0 Å². The molecule has 1 nitrogen and oxygen atoms in total. The van der Waals surface area contributed by atoms with Crippen molar-refractivity contribution in [2.24, 2.45) is 4.99 Å². The molecule has 0 bridgehead atoms. The fraction of sp³-hybridized carbons (Fsp3) is 0.250. The molecule has 1 heteroatoms. The first kappa shape index (κ1) is 11.6. The largest absolute Gasteiger partial charge is 0.293 e. The van der Waals surface area contributed by atoms with E-state index in [0.29, 0.717) is 0 Å². The van der Waals surface area contributed by atoms with E-state index in [0.717, 1.165) is 18.5 Å². The Morgan fingerprint density at radius 2 is 2.15 bits per heavy atom. The van der Waals surface area contributed by atoms with Crippen molar-refractivity contribution in [2.75, 3.05) is 6.54 Å². The third-order valence-corrected chi connectivity index (χ3v) is 1.30. The van der Waals surface area contributed by atoms with Crippen molar-refractivity contribution in [3.8, 4) is 0 Å². The van der Waals surface area contributed by atoms with Gasteiger partial charge in [-0.2, -0.15) is 0 Å². The van der Waals surface area contributed by atoms with Crippen LogP contribution in [0.25, 0.3) is 0 Å². The van der Waals surface area contributed by atoms with E-state index in [1.54, 1.807) is 6.21 Å². The molecule has 0 atom stereocenters. The van der Waals surface area contributed by atoms with E-state index >= 15 is 0 Å². The number of aliphatic imine (C=N–C) groups is 1. The normalized spacial score (nSPS) is 11.8. The maximum Gasteiger partial charge on any atom is 0.0361 e. The van der Waals surface area contributed by atoms with Gasteiger partial charge in [0.1, 0.15) is 0 Å². The van der Waals surface area contributed by atoms with Gasteiger partial charge in [-0.05, 0) is 18.9 Å². The fourth-order valence-electron chi connectivity index (χ4n) is 0.684. The topological polar surface area (TPSA) is 12.4 Å². The first-order chi connectivity index (χ1) is 6.31. The van der Waals surface area contributed by atoms with Gasteiger partial charge in [0.25, 0.3) is 0 Å². The first-order valence-corrected chi connectivity index (χ1v) is 4.44. The third-order valence-electron chi connectivity index (χ3n) is 1.30. The number of allylic oxidation sites excluding steroid dienone is 6. The molecule has 0 rings (SSSR count). The second kappa shape index (κ2) is 8.72. The quantitative estimate of drug-likeness (QED) is 0.333. The Bertz CT molecular complexity index is 232. The number of rotatable bonds is 6. The van der Waals surface area contributed by atoms with Crippen LogP contribution in [0.2, 0.25) is 0 Å². The average Bonchev–Trinajstić information content (AvgIpc) is 2.14. The highest BCUT2D eigenvalue weighted by molar-refractivity contribution is 5.81. The average molecular weight is 175 g/mol. The lowest BCUT2D eigenvalue weighted by atomic mass is 10.3. The molecule has 0 N–H and O–H groups in total. The Kier molecular flexibility index (Phi) is 7.80. The second-order valence-corrected chi connectivity index (χ2v) is 2.51. The van der Waals surface area contributed by atoms with Crippen LogP contribution >= 0.6 is 0 Å². The van der Waals surface area contributed by atoms with Crippen molar-refractivity contribution in [3.63, 3.8) is 0 Å². The summed E-state index contributed by atoms with van der Waals surface area (Å²) in [5, 5.41) is 0. The van der Waals surface area contributed by atoms with Crippen molar-refractivity contribution in [1.82, 2.24) is 0 Å². The molecule has 70 valence electrons. The maximum atomic E-state index is 4.07. The molecule has 0 saturated carbocycles. The molecule has 0 saturated heterocycles. The second-order valence-electron chi connectivity index (χ2n) is 2.51. The summed E-state index contributed by atoms with van der Waals surface area (Å²) in [6.07, 6.45) is 12.4. The fourth-order valence-corrected chi connectivity index (χ4v) is 0.684. The van der Waals surface area contributed by atoms with Gasteiger partial charge in [0, 0.05) is 12.8 Å². The molecule has 0 aliphatic carbocycles. The van der Waals surface area contributed by atoms with E-state index in [1.165, 1.54) is 0 Å². The minimum absolute atomic E-state index is 0.805. The Morgan fingerprint density at radius 1 is 1.38 bits per heavy atom. The zero-order valence-electron chi connectivity index (χ0n) is 8.24. The van der Waals surface area contributed by atoms with Crippen LogP contribution in [-0.2, 0) is 0 Å². The van der Waals surface area contributed by atoms with Crippen LogP contribution in [-0.4, -0.2) is 12.8 Å². The first-order valence-electron chi connectivity index (χ1n) is 4.44. The molecule has 0 heterocycles. The number of hydrogen-bond donors (Lipinski definition) is 0. The molecule has 0 unspecified atom stereocenters. The predicted molar refractivity (Wildman–Crippen MR) is 61.3 cm³/mol. The van der Waals surface area contributed by atoms with Gasteiger partial charge in [0.2, 0.25) is 0 Å². The highest BCUT2D eigenvalue weighted by Crippen LogP contribution is 1.90. The van der Waals surface area contributed by atoms with Crippen molar-refractivity contribution < 1.29 is 0 Å². The molecule has 0 aromatic rings. The van der Waals surface area contributed by atoms with E-state index in [2.05, 4.69) is 18.2 Å². The summed E-state index contributed by atoms with van der Waals surface area (Å²) >= 11 is 0. The van der Waals surface area contributed by atoms with Crippen LogP contribution in [0.15, 0.2) is 54.1 Å². The molecule has 0 aromatic heterocycles. The Labute approximate surface area is 80.9 Å². The molecule has 0 fully saturated rings. The minimum Gasteiger partial charge on any atom is -0.293 e. The summed E-state index contributed by atoms with van der Waals surface area (Å²) in [6.45, 7) is 10.2. The minimum atomic E-state index is 0.805. The van der Waals surface area contributed by atoms with E-state index in [-0.39, 0.29) is 0 Å². The van der Waals surface area contributed by atoms with E-state index < -0.39 is 0 Å². The Morgan fingerprint density at radius 3 is 2.77 bits per heavy atom. The Hall–Kier alpha value is -1.37. The van der Waals surface area contributed by atoms with Crippen molar-refractivity contribution in [1.29, 1.82) is 0 Å². The maximum absolute atomic E-state index is 4.07. The molecule has 0 aromatic carbocycles. The van der Waals surface area contributed by atoms with Gasteiger partial charge in [-0.15, -0.1) is 6.58 Å². The highest BCUT2D eigenvalue weighted by Gasteiger charge is 1.77. The molecular weight excluding hydrogens is 158 g/mol. The lowest BCUT2D eigenvalue weighted by molar-refractivity contribution is 1.14. The summed E-state index contributed by atoms with van der Waals surface area (Å²) < 4.78 is 0. The summed E-state index contributed by atoms with van der Waals surface area (Å²) in [4.78, 5) is 4.07. The van der Waals surface area contributed by atoms with Crippen molar-refractivity contribution in [3.05, 3.63) is 49.1 Å². The van der Waals surface area contributed by atoms with Crippen LogP contribution in [0.5, 0.6) is 0 Å². The van der Waals surface area contributed by atoms with E-state index in [1.807, 2.05) is 37.3 Å². The van der Waals surface area contributed by atoms with Gasteiger partial charge in [0.15, 0.2) is 0 Å².